The van der Waals surface area contributed by atoms with E-state index in [2.05, 4.69) is 10.6 Å². The molecule has 2 aromatic rings. The fraction of sp³-hybridized carbons (Fsp3) is 0.462. The largest absolute Gasteiger partial charge is 0.508 e. The van der Waals surface area contributed by atoms with Crippen LogP contribution in [0.25, 0.3) is 0 Å². The summed E-state index contributed by atoms with van der Waals surface area (Å²) in [4.78, 5) is 23.8. The second-order valence-corrected chi connectivity index (χ2v) is 9.98. The van der Waals surface area contributed by atoms with Crippen LogP contribution in [0.5, 0.6) is 11.5 Å². The van der Waals surface area contributed by atoms with Crippen molar-refractivity contribution in [2.45, 2.75) is 49.3 Å². The summed E-state index contributed by atoms with van der Waals surface area (Å²) in [5, 5.41) is 27.2. The minimum absolute atomic E-state index is 0.133. The average Bonchev–Trinajstić information content (AvgIpc) is 2.79. The molecule has 4 N–H and O–H groups in total. The van der Waals surface area contributed by atoms with Gasteiger partial charge in [0.2, 0.25) is 11.8 Å². The topological polar surface area (TPSA) is 98.7 Å². The molecule has 0 unspecified atom stereocenters. The number of carbonyl (C=O) groups excluding carboxylic acids is 2. The Balaban J connectivity index is 2.18. The van der Waals surface area contributed by atoms with Crippen molar-refractivity contribution < 1.29 is 19.8 Å². The van der Waals surface area contributed by atoms with E-state index in [0.29, 0.717) is 13.1 Å². The van der Waals surface area contributed by atoms with E-state index in [9.17, 15) is 19.8 Å². The van der Waals surface area contributed by atoms with Crippen LogP contribution in [0.15, 0.2) is 48.5 Å². The Bertz CT molecular complexity index is 940. The van der Waals surface area contributed by atoms with Crippen LogP contribution in [0.4, 0.5) is 0 Å². The average molecular weight is 507 g/mol. The van der Waals surface area contributed by atoms with Crippen molar-refractivity contribution >= 4 is 35.0 Å². The van der Waals surface area contributed by atoms with Gasteiger partial charge >= 0.3 is 0 Å². The smallest absolute Gasteiger partial charge is 0.227 e. The second-order valence-electron chi connectivity index (χ2n) is 8.73. The van der Waals surface area contributed by atoms with Crippen molar-refractivity contribution in [1.82, 2.24) is 10.6 Å². The Kier molecular flexibility index (Phi) is 8.37. The van der Waals surface area contributed by atoms with Gasteiger partial charge in [-0.25, -0.2) is 0 Å². The Labute approximate surface area is 210 Å². The van der Waals surface area contributed by atoms with Crippen molar-refractivity contribution in [3.63, 3.8) is 0 Å². The van der Waals surface area contributed by atoms with E-state index in [1.54, 1.807) is 36.4 Å². The summed E-state index contributed by atoms with van der Waals surface area (Å²) >= 11 is 14.4. The highest BCUT2D eigenvalue weighted by Crippen LogP contribution is 2.71. The number of amides is 2. The van der Waals surface area contributed by atoms with Crippen LogP contribution in [-0.4, -0.2) is 35.1 Å². The monoisotopic (exact) mass is 506 g/mol. The molecule has 0 spiro atoms. The number of rotatable bonds is 10. The van der Waals surface area contributed by atoms with E-state index in [0.717, 1.165) is 25.7 Å². The first-order valence-electron chi connectivity index (χ1n) is 11.7. The lowest BCUT2D eigenvalue weighted by molar-refractivity contribution is -0.146. The maximum atomic E-state index is 13.6. The second kappa shape index (κ2) is 10.9. The van der Waals surface area contributed by atoms with E-state index in [1.807, 2.05) is 13.8 Å². The third-order valence-corrected chi connectivity index (χ3v) is 7.78. The molecule has 0 atom stereocenters. The maximum absolute atomic E-state index is 13.6. The predicted molar refractivity (Wildman–Crippen MR) is 134 cm³/mol. The molecular formula is C26H32Cl2N2O4. The Morgan fingerprint density at radius 3 is 1.44 bits per heavy atom. The molecule has 34 heavy (non-hydrogen) atoms. The molecule has 0 aliphatic heterocycles. The predicted octanol–water partition coefficient (Wildman–Crippen LogP) is 4.74. The Morgan fingerprint density at radius 2 is 1.12 bits per heavy atom. The van der Waals surface area contributed by atoms with E-state index in [4.69, 9.17) is 23.2 Å². The Morgan fingerprint density at radius 1 is 0.765 bits per heavy atom. The van der Waals surface area contributed by atoms with Crippen LogP contribution in [-0.2, 0) is 19.3 Å². The summed E-state index contributed by atoms with van der Waals surface area (Å²) < 4.78 is 0. The van der Waals surface area contributed by atoms with E-state index in [1.165, 1.54) is 12.1 Å². The summed E-state index contributed by atoms with van der Waals surface area (Å²) in [6.45, 7) is 4.85. The number of hydrogen-bond donors (Lipinski definition) is 4. The van der Waals surface area contributed by atoms with Crippen molar-refractivity contribution in [3.8, 4) is 11.5 Å². The first kappa shape index (κ1) is 26.2. The lowest BCUT2D eigenvalue weighted by Gasteiger charge is -2.61. The van der Waals surface area contributed by atoms with E-state index in [-0.39, 0.29) is 22.6 Å². The number of benzene rings is 2. The van der Waals surface area contributed by atoms with Gasteiger partial charge < -0.3 is 20.8 Å². The van der Waals surface area contributed by atoms with Crippen molar-refractivity contribution in [2.75, 3.05) is 13.1 Å². The summed E-state index contributed by atoms with van der Waals surface area (Å²) in [6, 6.07) is 12.8. The van der Waals surface area contributed by atoms with Crippen LogP contribution >= 0.6 is 23.2 Å². The number of hydrogen-bond acceptors (Lipinski definition) is 4. The van der Waals surface area contributed by atoms with Crippen LogP contribution in [0.3, 0.4) is 0 Å². The fourth-order valence-corrected chi connectivity index (χ4v) is 6.33. The molecule has 0 radical (unpaired) electrons. The van der Waals surface area contributed by atoms with Crippen molar-refractivity contribution in [2.24, 2.45) is 11.8 Å². The number of alkyl halides is 2. The zero-order chi connectivity index (χ0) is 24.9. The summed E-state index contributed by atoms with van der Waals surface area (Å²) in [7, 11) is 0. The summed E-state index contributed by atoms with van der Waals surface area (Å²) in [5.74, 6) is -3.45. The van der Waals surface area contributed by atoms with E-state index < -0.39 is 33.4 Å². The summed E-state index contributed by atoms with van der Waals surface area (Å²) in [6.07, 6.45) is 3.28. The molecule has 8 heteroatoms. The minimum atomic E-state index is -1.64. The molecule has 1 aliphatic carbocycles. The van der Waals surface area contributed by atoms with Crippen LogP contribution in [0.2, 0.25) is 0 Å². The number of halogens is 2. The van der Waals surface area contributed by atoms with Gasteiger partial charge in [-0.1, -0.05) is 63.1 Å². The van der Waals surface area contributed by atoms with Gasteiger partial charge in [0, 0.05) is 24.2 Å². The highest BCUT2D eigenvalue weighted by Gasteiger charge is 2.77. The minimum Gasteiger partial charge on any atom is -0.508 e. The number of phenols is 2. The third-order valence-electron chi connectivity index (χ3n) is 6.50. The third kappa shape index (κ3) is 4.46. The highest BCUT2D eigenvalue weighted by molar-refractivity contribution is 6.37. The van der Waals surface area contributed by atoms with Crippen LogP contribution in [0, 0.1) is 11.8 Å². The van der Waals surface area contributed by atoms with Crippen LogP contribution in [0.1, 0.15) is 50.7 Å². The van der Waals surface area contributed by atoms with Gasteiger partial charge in [-0.2, -0.15) is 0 Å². The van der Waals surface area contributed by atoms with Gasteiger partial charge in [-0.05, 0) is 25.0 Å². The molecule has 2 amide bonds. The maximum Gasteiger partial charge on any atom is 0.227 e. The first-order valence-corrected chi connectivity index (χ1v) is 12.5. The molecule has 0 bridgehead atoms. The SMILES string of the molecule is CCCCNC(=O)C1C(Cl)(c2ccccc2O)C(C(=O)NCCCC)C1(Cl)c1ccccc1O. The lowest BCUT2D eigenvalue weighted by atomic mass is 9.50. The quantitative estimate of drug-likeness (QED) is 0.276. The van der Waals surface area contributed by atoms with Gasteiger partial charge in [0.15, 0.2) is 0 Å². The van der Waals surface area contributed by atoms with Gasteiger partial charge in [-0.3, -0.25) is 9.59 Å². The fourth-order valence-electron chi connectivity index (χ4n) is 4.81. The van der Waals surface area contributed by atoms with Gasteiger partial charge in [-0.15, -0.1) is 23.2 Å². The molecule has 0 aromatic heterocycles. The number of aromatic hydroxyl groups is 2. The molecule has 1 aliphatic rings. The van der Waals surface area contributed by atoms with E-state index >= 15 is 0 Å². The number of carbonyl (C=O) groups is 2. The number of unbranched alkanes of at least 4 members (excludes halogenated alkanes) is 2. The van der Waals surface area contributed by atoms with Crippen molar-refractivity contribution in [1.29, 1.82) is 0 Å². The normalized spacial score (nSPS) is 25.9. The van der Waals surface area contributed by atoms with Gasteiger partial charge in [0.25, 0.3) is 0 Å². The molecule has 0 saturated heterocycles. The number of phenolic OH excluding ortho intramolecular Hbond substituents is 2. The van der Waals surface area contributed by atoms with Gasteiger partial charge in [0.1, 0.15) is 21.2 Å². The Hall–Kier alpha value is -2.44. The number of nitrogens with one attached hydrogen (secondary N) is 2. The molecule has 3 rings (SSSR count). The zero-order valence-electron chi connectivity index (χ0n) is 19.5. The lowest BCUT2D eigenvalue weighted by Crippen LogP contribution is -2.72. The molecule has 0 heterocycles. The molecular weight excluding hydrogens is 475 g/mol. The summed E-state index contributed by atoms with van der Waals surface area (Å²) in [5.41, 5.74) is 0.490. The molecule has 184 valence electrons. The molecule has 1 saturated carbocycles. The van der Waals surface area contributed by atoms with Gasteiger partial charge in [0.05, 0.1) is 11.8 Å². The van der Waals surface area contributed by atoms with Crippen molar-refractivity contribution in [3.05, 3.63) is 59.7 Å². The highest BCUT2D eigenvalue weighted by atomic mass is 35.5. The molecule has 1 fully saturated rings. The number of para-hydroxylation sites is 2. The molecule has 2 aromatic carbocycles. The van der Waals surface area contributed by atoms with Crippen LogP contribution < -0.4 is 10.6 Å². The standard InChI is InChI=1S/C26H32Cl2N2O4/c1-3-5-15-29-23(33)21-25(27,17-11-7-9-13-19(17)31)22(24(34)30-16-6-4-2)26(21,28)18-12-8-10-14-20(18)32/h7-14,21-22,31-32H,3-6,15-16H2,1-2H3,(H,29,33)(H,30,34). The first-order chi connectivity index (χ1) is 16.2. The molecule has 6 nitrogen and oxygen atoms in total. The zero-order valence-corrected chi connectivity index (χ0v) is 21.0.